The van der Waals surface area contributed by atoms with E-state index >= 15 is 0 Å². The first kappa shape index (κ1) is 29.6. The van der Waals surface area contributed by atoms with Crippen molar-refractivity contribution < 1.29 is 0 Å². The van der Waals surface area contributed by atoms with Crippen LogP contribution in [0.1, 0.15) is 28.1 Å². The Morgan fingerprint density at radius 1 is 0.490 bits per heavy atom. The summed E-state index contributed by atoms with van der Waals surface area (Å²) < 4.78 is 4.78. The number of hydrogen-bond acceptors (Lipinski definition) is 3. The molecule has 2 aliphatic rings. The number of aryl methyl sites for hydroxylation is 1. The van der Waals surface area contributed by atoms with Gasteiger partial charge in [0.15, 0.2) is 11.6 Å². The minimum Gasteiger partial charge on any atom is -0.313 e. The average molecular weight is 658 g/mol. The third-order valence-electron chi connectivity index (χ3n) is 10.6. The maximum absolute atomic E-state index is 5.17. The van der Waals surface area contributed by atoms with Gasteiger partial charge in [-0.3, -0.25) is 4.57 Å². The Morgan fingerprint density at radius 2 is 0.961 bits per heavy atom. The monoisotopic (exact) mass is 657 g/mol. The molecule has 5 nitrogen and oxygen atoms in total. The fourth-order valence-corrected chi connectivity index (χ4v) is 8.13. The summed E-state index contributed by atoms with van der Waals surface area (Å²) in [5, 5.41) is 2.52. The van der Waals surface area contributed by atoms with Crippen LogP contribution in [0.3, 0.4) is 0 Å². The molecule has 0 aliphatic heterocycles. The molecule has 0 fully saturated rings. The van der Waals surface area contributed by atoms with E-state index < -0.39 is 0 Å². The summed E-state index contributed by atoms with van der Waals surface area (Å²) in [5.74, 6) is 2.62. The van der Waals surface area contributed by atoms with Crippen molar-refractivity contribution in [2.75, 3.05) is 0 Å². The number of benzene rings is 5. The average Bonchev–Trinajstić information content (AvgIpc) is 3.71. The van der Waals surface area contributed by atoms with Crippen LogP contribution < -0.4 is 0 Å². The topological polar surface area (TPSA) is 48.5 Å². The van der Waals surface area contributed by atoms with E-state index in [1.165, 1.54) is 50.1 Å². The summed E-state index contributed by atoms with van der Waals surface area (Å²) in [4.78, 5) is 15.3. The highest BCUT2D eigenvalue weighted by Gasteiger charge is 2.31. The van der Waals surface area contributed by atoms with Gasteiger partial charge < -0.3 is 4.57 Å². The Morgan fingerprint density at radius 3 is 1.51 bits per heavy atom. The number of para-hydroxylation sites is 2. The summed E-state index contributed by atoms with van der Waals surface area (Å²) in [5.41, 5.74) is 12.0. The maximum Gasteiger partial charge on any atom is 0.238 e. The summed E-state index contributed by atoms with van der Waals surface area (Å²) in [7, 11) is 0. The van der Waals surface area contributed by atoms with E-state index in [2.05, 4.69) is 137 Å². The van der Waals surface area contributed by atoms with Gasteiger partial charge >= 0.3 is 0 Å². The van der Waals surface area contributed by atoms with Gasteiger partial charge in [0.05, 0.1) is 11.0 Å². The Balaban J connectivity index is 1.09. The van der Waals surface area contributed by atoms with E-state index in [4.69, 9.17) is 15.0 Å². The third kappa shape index (κ3) is 4.96. The number of fused-ring (bicyclic) bond motifs is 6. The second-order valence-corrected chi connectivity index (χ2v) is 13.7. The van der Waals surface area contributed by atoms with Crippen molar-refractivity contribution in [3.8, 4) is 34.4 Å². The molecule has 2 unspecified atom stereocenters. The lowest BCUT2D eigenvalue weighted by atomic mass is 9.78. The zero-order valence-corrected chi connectivity index (χ0v) is 28.3. The van der Waals surface area contributed by atoms with E-state index in [1.54, 1.807) is 0 Å². The van der Waals surface area contributed by atoms with Crippen LogP contribution in [0.15, 0.2) is 146 Å². The van der Waals surface area contributed by atoms with Gasteiger partial charge in [-0.1, -0.05) is 139 Å². The lowest BCUT2D eigenvalue weighted by molar-refractivity contribution is 0.453. The molecular weight excluding hydrogens is 623 g/mol. The minimum atomic E-state index is 0.304. The Labute approximate surface area is 296 Å². The number of allylic oxidation sites excluding steroid dienone is 2. The minimum absolute atomic E-state index is 0.304. The Hall–Kier alpha value is -6.33. The fourth-order valence-electron chi connectivity index (χ4n) is 8.13. The van der Waals surface area contributed by atoms with Gasteiger partial charge in [0, 0.05) is 50.1 Å². The van der Waals surface area contributed by atoms with Crippen molar-refractivity contribution in [1.29, 1.82) is 0 Å². The van der Waals surface area contributed by atoms with Gasteiger partial charge in [-0.05, 0) is 55.9 Å². The number of hydrogen-bond donors (Lipinski definition) is 0. The zero-order chi connectivity index (χ0) is 33.9. The largest absolute Gasteiger partial charge is 0.313 e. The van der Waals surface area contributed by atoms with Gasteiger partial charge in [0.2, 0.25) is 5.95 Å². The summed E-state index contributed by atoms with van der Waals surface area (Å²) >= 11 is 0. The van der Waals surface area contributed by atoms with Crippen LogP contribution in [0.5, 0.6) is 0 Å². The van der Waals surface area contributed by atoms with Gasteiger partial charge in [0.1, 0.15) is 0 Å². The number of aromatic nitrogens is 5. The molecule has 0 amide bonds. The lowest BCUT2D eigenvalue weighted by Gasteiger charge is -2.28. The van der Waals surface area contributed by atoms with Crippen LogP contribution in [0.4, 0.5) is 0 Å². The third-order valence-corrected chi connectivity index (χ3v) is 10.6. The highest BCUT2D eigenvalue weighted by molar-refractivity contribution is 5.94. The summed E-state index contributed by atoms with van der Waals surface area (Å²) in [6, 6.07) is 46.8. The van der Waals surface area contributed by atoms with Crippen molar-refractivity contribution >= 4 is 34.0 Å². The second kappa shape index (κ2) is 11.9. The maximum atomic E-state index is 5.17. The second-order valence-electron chi connectivity index (χ2n) is 13.7. The van der Waals surface area contributed by atoms with E-state index in [0.29, 0.717) is 29.4 Å². The Bertz CT molecular complexity index is 2590. The predicted octanol–water partition coefficient (Wildman–Crippen LogP) is 10.5. The van der Waals surface area contributed by atoms with E-state index in [9.17, 15) is 0 Å². The van der Waals surface area contributed by atoms with Gasteiger partial charge in [-0.15, -0.1) is 0 Å². The smallest absolute Gasteiger partial charge is 0.238 e. The van der Waals surface area contributed by atoms with Gasteiger partial charge in [0.25, 0.3) is 0 Å². The zero-order valence-electron chi connectivity index (χ0n) is 28.3. The first-order chi connectivity index (χ1) is 25.2. The van der Waals surface area contributed by atoms with Gasteiger partial charge in [-0.25, -0.2) is 4.98 Å². The molecule has 0 saturated carbocycles. The first-order valence-electron chi connectivity index (χ1n) is 17.7. The Kier molecular flexibility index (Phi) is 6.91. The molecule has 8 aromatic rings. The van der Waals surface area contributed by atoms with Crippen molar-refractivity contribution in [1.82, 2.24) is 24.1 Å². The molecule has 0 saturated heterocycles. The number of rotatable bonds is 5. The molecule has 0 spiro atoms. The quantitative estimate of drug-likeness (QED) is 0.185. The standard InChI is InChI=1S/C46H35N5/c1-30-20-24-35(25-21-30)50-40-18-10-8-16-36(40)38-26-22-33(28-42(38)50)34-23-27-39-37-17-9-11-19-41(37)51(43(39)29-34)46-48-44(31-12-4-2-5-13-31)47-45(49-46)32-14-6-3-7-15-32/h2-27,33-34H,28-29H2,1H3. The molecule has 10 rings (SSSR count). The molecule has 51 heavy (non-hydrogen) atoms. The highest BCUT2D eigenvalue weighted by Crippen LogP contribution is 2.42. The van der Waals surface area contributed by atoms with Crippen LogP contribution in [-0.4, -0.2) is 24.1 Å². The molecule has 0 N–H and O–H groups in total. The SMILES string of the molecule is Cc1ccc(-n2c3c(c4ccccc42)C=CC(C2C=Cc4c(n(-c5nc(-c6ccccc6)nc(-c6ccccc6)n5)c5ccccc45)C2)C3)cc1. The highest BCUT2D eigenvalue weighted by atomic mass is 15.2. The van der Waals surface area contributed by atoms with Crippen LogP contribution in [0.2, 0.25) is 0 Å². The van der Waals surface area contributed by atoms with Crippen molar-refractivity contribution in [3.63, 3.8) is 0 Å². The molecule has 244 valence electrons. The molecule has 5 heteroatoms. The lowest BCUT2D eigenvalue weighted by Crippen LogP contribution is -2.23. The fraction of sp³-hybridized carbons (Fsp3) is 0.109. The molecule has 0 radical (unpaired) electrons. The molecule has 3 aromatic heterocycles. The van der Waals surface area contributed by atoms with Gasteiger partial charge in [-0.2, -0.15) is 9.97 Å². The van der Waals surface area contributed by atoms with Crippen LogP contribution in [0, 0.1) is 18.8 Å². The predicted molar refractivity (Wildman–Crippen MR) is 208 cm³/mol. The van der Waals surface area contributed by atoms with Crippen LogP contribution >= 0.6 is 0 Å². The molecule has 0 bridgehead atoms. The molecule has 2 aliphatic carbocycles. The van der Waals surface area contributed by atoms with Crippen molar-refractivity contribution in [2.45, 2.75) is 19.8 Å². The summed E-state index contributed by atoms with van der Waals surface area (Å²) in [6.45, 7) is 2.15. The summed E-state index contributed by atoms with van der Waals surface area (Å²) in [6.07, 6.45) is 11.4. The van der Waals surface area contributed by atoms with Crippen LogP contribution in [-0.2, 0) is 12.8 Å². The van der Waals surface area contributed by atoms with Crippen LogP contribution in [0.25, 0.3) is 68.4 Å². The van der Waals surface area contributed by atoms with E-state index in [0.717, 1.165) is 29.5 Å². The molecular formula is C46H35N5. The van der Waals surface area contributed by atoms with E-state index in [-0.39, 0.29) is 0 Å². The normalized spacial score (nSPS) is 16.4. The number of nitrogens with zero attached hydrogens (tertiary/aromatic N) is 5. The van der Waals surface area contributed by atoms with E-state index in [1.807, 2.05) is 36.4 Å². The first-order valence-corrected chi connectivity index (χ1v) is 17.7. The molecule has 5 aromatic carbocycles. The molecule has 2 atom stereocenters. The van der Waals surface area contributed by atoms with Crippen molar-refractivity contribution in [3.05, 3.63) is 174 Å². The molecule has 3 heterocycles. The van der Waals surface area contributed by atoms with Crippen molar-refractivity contribution in [2.24, 2.45) is 11.8 Å².